The van der Waals surface area contributed by atoms with Gasteiger partial charge in [-0.2, -0.15) is 0 Å². The molecule has 2 aromatic rings. The molecule has 9 nitrogen and oxygen atoms in total. The zero-order valence-electron chi connectivity index (χ0n) is 14.8. The van der Waals surface area contributed by atoms with E-state index in [0.29, 0.717) is 41.4 Å². The van der Waals surface area contributed by atoms with Crippen molar-refractivity contribution in [3.05, 3.63) is 18.3 Å². The van der Waals surface area contributed by atoms with Crippen LogP contribution in [0.25, 0.3) is 11.2 Å². The molecule has 2 aromatic heterocycles. The van der Waals surface area contributed by atoms with E-state index in [1.54, 1.807) is 6.20 Å². The second kappa shape index (κ2) is 8.22. The summed E-state index contributed by atoms with van der Waals surface area (Å²) in [5, 5.41) is 10.1. The van der Waals surface area contributed by atoms with Crippen molar-refractivity contribution >= 4 is 23.5 Å². The minimum absolute atomic E-state index is 0.0111. The normalized spacial score (nSPS) is 18.2. The standard InChI is InChI=1S/C17H24N6O3/c1-2-3-5-12(9-22(26)11-24)17(25)23-7-4-6-14(23)16-20-13-8-18-10-19-15(13)21-16/h8,10-12,14,26H,2-7,9H2,1H3,(H,18,19,20,21)/t12-,14+/m1/s1. The Morgan fingerprint density at radius 1 is 1.58 bits per heavy atom. The van der Waals surface area contributed by atoms with E-state index < -0.39 is 5.92 Å². The van der Waals surface area contributed by atoms with Crippen LogP contribution < -0.4 is 0 Å². The van der Waals surface area contributed by atoms with Gasteiger partial charge < -0.3 is 9.88 Å². The molecule has 1 fully saturated rings. The van der Waals surface area contributed by atoms with Crippen molar-refractivity contribution in [2.75, 3.05) is 13.1 Å². The highest BCUT2D eigenvalue weighted by atomic mass is 16.5. The molecule has 0 bridgehead atoms. The number of fused-ring (bicyclic) bond motifs is 1. The van der Waals surface area contributed by atoms with Crippen molar-refractivity contribution in [1.82, 2.24) is 29.9 Å². The molecule has 0 radical (unpaired) electrons. The molecule has 2 N–H and O–H groups in total. The van der Waals surface area contributed by atoms with Gasteiger partial charge in [-0.25, -0.2) is 20.0 Å². The largest absolute Gasteiger partial charge is 0.332 e. The molecule has 0 aliphatic carbocycles. The van der Waals surface area contributed by atoms with E-state index in [0.717, 1.165) is 25.7 Å². The quantitative estimate of drug-likeness (QED) is 0.420. The summed E-state index contributed by atoms with van der Waals surface area (Å²) < 4.78 is 0. The average Bonchev–Trinajstić information content (AvgIpc) is 3.30. The molecule has 0 saturated carbocycles. The molecule has 0 unspecified atom stereocenters. The van der Waals surface area contributed by atoms with Crippen LogP contribution in [0.4, 0.5) is 0 Å². The lowest BCUT2D eigenvalue weighted by Gasteiger charge is -2.28. The summed E-state index contributed by atoms with van der Waals surface area (Å²) in [4.78, 5) is 41.5. The lowest BCUT2D eigenvalue weighted by Crippen LogP contribution is -2.40. The van der Waals surface area contributed by atoms with Gasteiger partial charge in [0.1, 0.15) is 17.7 Å². The molecule has 3 heterocycles. The molecule has 3 rings (SSSR count). The van der Waals surface area contributed by atoms with Gasteiger partial charge in [0.25, 0.3) is 0 Å². The van der Waals surface area contributed by atoms with Gasteiger partial charge in [0.15, 0.2) is 5.65 Å². The first-order chi connectivity index (χ1) is 12.6. The number of carbonyl (C=O) groups is 2. The number of likely N-dealkylation sites (tertiary alicyclic amines) is 1. The third kappa shape index (κ3) is 3.82. The van der Waals surface area contributed by atoms with E-state index in [-0.39, 0.29) is 18.5 Å². The van der Waals surface area contributed by atoms with E-state index >= 15 is 0 Å². The number of unbranched alkanes of at least 4 members (excludes halogenated alkanes) is 1. The number of carbonyl (C=O) groups excluding carboxylic acids is 2. The number of rotatable bonds is 8. The minimum Gasteiger partial charge on any atom is -0.332 e. The number of aromatic nitrogens is 4. The maximum atomic E-state index is 13.1. The van der Waals surface area contributed by atoms with Crippen molar-refractivity contribution < 1.29 is 14.8 Å². The van der Waals surface area contributed by atoms with Crippen molar-refractivity contribution in [3.8, 4) is 0 Å². The number of amides is 2. The predicted octanol–water partition coefficient (Wildman–Crippen LogP) is 1.67. The Labute approximate surface area is 151 Å². The van der Waals surface area contributed by atoms with Crippen LogP contribution in [-0.4, -0.2) is 60.5 Å². The molecule has 1 saturated heterocycles. The number of hydrogen-bond donors (Lipinski definition) is 2. The molecule has 2 atom stereocenters. The van der Waals surface area contributed by atoms with E-state index in [4.69, 9.17) is 0 Å². The van der Waals surface area contributed by atoms with Gasteiger partial charge in [0.05, 0.1) is 24.7 Å². The van der Waals surface area contributed by atoms with Gasteiger partial charge in [-0.15, -0.1) is 0 Å². The van der Waals surface area contributed by atoms with E-state index in [1.807, 2.05) is 11.8 Å². The van der Waals surface area contributed by atoms with Crippen molar-refractivity contribution in [2.45, 2.75) is 45.1 Å². The molecule has 1 aliphatic heterocycles. The first-order valence-corrected chi connectivity index (χ1v) is 9.01. The summed E-state index contributed by atoms with van der Waals surface area (Å²) >= 11 is 0. The Kier molecular flexibility index (Phi) is 5.77. The minimum atomic E-state index is -0.421. The summed E-state index contributed by atoms with van der Waals surface area (Å²) in [7, 11) is 0. The SMILES string of the molecule is CCCC[C@H](CN(O)C=O)C(=O)N1CCC[C@H]1c1nc2cncnc2[nH]1. The smallest absolute Gasteiger partial charge is 0.233 e. The Morgan fingerprint density at radius 3 is 3.15 bits per heavy atom. The second-order valence-corrected chi connectivity index (χ2v) is 6.63. The predicted molar refractivity (Wildman–Crippen MR) is 92.9 cm³/mol. The number of hydrogen-bond acceptors (Lipinski definition) is 6. The van der Waals surface area contributed by atoms with Crippen LogP contribution >= 0.6 is 0 Å². The molecule has 140 valence electrons. The first-order valence-electron chi connectivity index (χ1n) is 9.01. The fourth-order valence-electron chi connectivity index (χ4n) is 3.50. The maximum Gasteiger partial charge on any atom is 0.233 e. The summed E-state index contributed by atoms with van der Waals surface area (Å²) in [6, 6.07) is -0.149. The summed E-state index contributed by atoms with van der Waals surface area (Å²) in [5.74, 6) is 0.236. The molecule has 2 amide bonds. The van der Waals surface area contributed by atoms with E-state index in [9.17, 15) is 14.8 Å². The molecule has 9 heteroatoms. The van der Waals surface area contributed by atoms with Gasteiger partial charge in [-0.1, -0.05) is 19.8 Å². The van der Waals surface area contributed by atoms with Crippen LogP contribution in [0, 0.1) is 5.92 Å². The monoisotopic (exact) mass is 360 g/mol. The van der Waals surface area contributed by atoms with Crippen molar-refractivity contribution in [2.24, 2.45) is 5.92 Å². The Bertz CT molecular complexity index is 731. The lowest BCUT2D eigenvalue weighted by molar-refractivity contribution is -0.157. The number of aromatic amines is 1. The first kappa shape index (κ1) is 18.2. The number of hydroxylamine groups is 2. The Balaban J connectivity index is 1.80. The fourth-order valence-corrected chi connectivity index (χ4v) is 3.50. The summed E-state index contributed by atoms with van der Waals surface area (Å²) in [6.07, 6.45) is 7.58. The molecule has 1 aliphatic rings. The third-order valence-electron chi connectivity index (χ3n) is 4.82. The Morgan fingerprint density at radius 2 is 2.42 bits per heavy atom. The van der Waals surface area contributed by atoms with Gasteiger partial charge in [0, 0.05) is 6.54 Å². The van der Waals surface area contributed by atoms with Crippen LogP contribution in [0.5, 0.6) is 0 Å². The topological polar surface area (TPSA) is 115 Å². The number of nitrogens with zero attached hydrogens (tertiary/aromatic N) is 5. The fraction of sp³-hybridized carbons (Fsp3) is 0.588. The molecule has 0 spiro atoms. The van der Waals surface area contributed by atoms with Crippen LogP contribution in [0.15, 0.2) is 12.5 Å². The second-order valence-electron chi connectivity index (χ2n) is 6.63. The number of nitrogens with one attached hydrogen (secondary N) is 1. The number of H-pyrrole nitrogens is 1. The van der Waals surface area contributed by atoms with Crippen LogP contribution in [-0.2, 0) is 9.59 Å². The molecular weight excluding hydrogens is 336 g/mol. The van der Waals surface area contributed by atoms with Gasteiger partial charge in [-0.3, -0.25) is 14.8 Å². The van der Waals surface area contributed by atoms with Crippen molar-refractivity contribution in [1.29, 1.82) is 0 Å². The maximum absolute atomic E-state index is 13.1. The average molecular weight is 360 g/mol. The van der Waals surface area contributed by atoms with Gasteiger partial charge in [0.2, 0.25) is 12.3 Å². The van der Waals surface area contributed by atoms with Crippen LogP contribution in [0.2, 0.25) is 0 Å². The zero-order valence-corrected chi connectivity index (χ0v) is 14.8. The highest BCUT2D eigenvalue weighted by molar-refractivity contribution is 5.80. The third-order valence-corrected chi connectivity index (χ3v) is 4.82. The van der Waals surface area contributed by atoms with Gasteiger partial charge >= 0.3 is 0 Å². The Hall–Kier alpha value is -2.55. The highest BCUT2D eigenvalue weighted by Gasteiger charge is 2.36. The molecule has 26 heavy (non-hydrogen) atoms. The zero-order chi connectivity index (χ0) is 18.5. The van der Waals surface area contributed by atoms with Gasteiger partial charge in [-0.05, 0) is 19.3 Å². The summed E-state index contributed by atoms with van der Waals surface area (Å²) in [5.41, 5.74) is 1.33. The van der Waals surface area contributed by atoms with Crippen LogP contribution in [0.3, 0.4) is 0 Å². The number of imidazole rings is 1. The molecule has 0 aromatic carbocycles. The van der Waals surface area contributed by atoms with E-state index in [2.05, 4.69) is 19.9 Å². The lowest BCUT2D eigenvalue weighted by atomic mass is 9.99. The summed E-state index contributed by atoms with van der Waals surface area (Å²) in [6.45, 7) is 2.70. The molecular formula is C17H24N6O3. The van der Waals surface area contributed by atoms with Crippen molar-refractivity contribution in [3.63, 3.8) is 0 Å². The highest BCUT2D eigenvalue weighted by Crippen LogP contribution is 2.33. The van der Waals surface area contributed by atoms with E-state index in [1.165, 1.54) is 6.33 Å². The van der Waals surface area contributed by atoms with Crippen LogP contribution in [0.1, 0.15) is 50.9 Å².